The maximum Gasteiger partial charge on any atom is 0.235 e. The first-order chi connectivity index (χ1) is 14.5. The molecular formula is C24H28ClNO5. The minimum absolute atomic E-state index is 0. The molecule has 7 heteroatoms. The lowest BCUT2D eigenvalue weighted by Gasteiger charge is -2.19. The lowest BCUT2D eigenvalue weighted by atomic mass is 10.1. The first-order valence-corrected chi connectivity index (χ1v) is 10.3. The number of aliphatic hydroxyl groups is 1. The van der Waals surface area contributed by atoms with Crippen LogP contribution in [0.2, 0.25) is 0 Å². The number of aryl methyl sites for hydroxylation is 2. The van der Waals surface area contributed by atoms with Crippen LogP contribution in [0.4, 0.5) is 0 Å². The van der Waals surface area contributed by atoms with Crippen molar-refractivity contribution < 1.29 is 19.0 Å². The van der Waals surface area contributed by atoms with Gasteiger partial charge in [0.2, 0.25) is 11.2 Å². The van der Waals surface area contributed by atoms with Gasteiger partial charge in [0.1, 0.15) is 36.1 Å². The number of fused-ring (bicyclic) bond motifs is 1. The minimum atomic E-state index is -0.556. The van der Waals surface area contributed by atoms with E-state index in [9.17, 15) is 9.90 Å². The number of likely N-dealkylation sites (tertiary alicyclic amines) is 1. The van der Waals surface area contributed by atoms with Gasteiger partial charge in [-0.2, -0.15) is 0 Å². The predicted molar refractivity (Wildman–Crippen MR) is 123 cm³/mol. The van der Waals surface area contributed by atoms with Gasteiger partial charge >= 0.3 is 0 Å². The van der Waals surface area contributed by atoms with Crippen LogP contribution < -0.4 is 14.9 Å². The van der Waals surface area contributed by atoms with E-state index in [1.165, 1.54) is 19.1 Å². The fourth-order valence-electron chi connectivity index (χ4n) is 3.88. The van der Waals surface area contributed by atoms with Crippen LogP contribution in [0.1, 0.15) is 24.0 Å². The topological polar surface area (TPSA) is 72.1 Å². The monoisotopic (exact) mass is 445 g/mol. The molecule has 1 aliphatic rings. The van der Waals surface area contributed by atoms with E-state index < -0.39 is 6.10 Å². The second-order valence-corrected chi connectivity index (χ2v) is 7.99. The highest BCUT2D eigenvalue weighted by Crippen LogP contribution is 2.25. The number of ether oxygens (including phenoxy) is 2. The van der Waals surface area contributed by atoms with E-state index in [1.807, 2.05) is 32.0 Å². The van der Waals surface area contributed by atoms with Gasteiger partial charge in [-0.05, 0) is 75.2 Å². The van der Waals surface area contributed by atoms with E-state index in [4.69, 9.17) is 13.9 Å². The number of hydrogen-bond acceptors (Lipinski definition) is 6. The van der Waals surface area contributed by atoms with Crippen molar-refractivity contribution in [3.8, 4) is 17.2 Å². The summed E-state index contributed by atoms with van der Waals surface area (Å²) in [6, 6.07) is 10.8. The van der Waals surface area contributed by atoms with E-state index in [-0.39, 0.29) is 30.2 Å². The lowest BCUT2D eigenvalue weighted by molar-refractivity contribution is 0.0758. The van der Waals surface area contributed by atoms with Crippen molar-refractivity contribution in [1.82, 2.24) is 4.90 Å². The average molecular weight is 446 g/mol. The zero-order valence-electron chi connectivity index (χ0n) is 17.8. The molecule has 6 nitrogen and oxygen atoms in total. The summed E-state index contributed by atoms with van der Waals surface area (Å²) in [6.07, 6.45) is 3.15. The Kier molecular flexibility index (Phi) is 7.59. The minimum Gasteiger partial charge on any atom is -0.491 e. The molecule has 1 saturated heterocycles. The van der Waals surface area contributed by atoms with E-state index in [1.54, 1.807) is 18.2 Å². The Morgan fingerprint density at radius 2 is 1.77 bits per heavy atom. The standard InChI is InChI=1S/C24H27NO5.ClH/c1-16-9-17(2)11-20(10-16)30-23-15-29-22-12-19(5-6-21(22)24(23)27)28-14-18(26)13-25-7-3-4-8-25;/h5-6,9-12,15,18,26H,3-4,7-8,13-14H2,1-2H3;1H. The van der Waals surface area contributed by atoms with Gasteiger partial charge in [0.15, 0.2) is 0 Å². The van der Waals surface area contributed by atoms with Gasteiger partial charge < -0.3 is 23.9 Å². The molecule has 1 unspecified atom stereocenters. The molecule has 1 N–H and O–H groups in total. The second kappa shape index (κ2) is 10.2. The van der Waals surface area contributed by atoms with Crippen LogP contribution in [0.5, 0.6) is 17.2 Å². The van der Waals surface area contributed by atoms with Gasteiger partial charge in [-0.15, -0.1) is 12.4 Å². The van der Waals surface area contributed by atoms with E-state index in [0.29, 0.717) is 29.0 Å². The molecule has 2 aromatic carbocycles. The van der Waals surface area contributed by atoms with Crippen LogP contribution >= 0.6 is 12.4 Å². The van der Waals surface area contributed by atoms with Gasteiger partial charge in [-0.25, -0.2) is 0 Å². The van der Waals surface area contributed by atoms with Gasteiger partial charge in [0.25, 0.3) is 0 Å². The quantitative estimate of drug-likeness (QED) is 0.579. The summed E-state index contributed by atoms with van der Waals surface area (Å²) in [5.74, 6) is 1.29. The first-order valence-electron chi connectivity index (χ1n) is 10.3. The zero-order chi connectivity index (χ0) is 21.1. The summed E-state index contributed by atoms with van der Waals surface area (Å²) in [5, 5.41) is 10.6. The fraction of sp³-hybridized carbons (Fsp3) is 0.375. The maximum absolute atomic E-state index is 12.8. The number of aliphatic hydroxyl groups excluding tert-OH is 1. The van der Waals surface area contributed by atoms with Crippen LogP contribution in [-0.4, -0.2) is 42.4 Å². The summed E-state index contributed by atoms with van der Waals surface area (Å²) in [6.45, 7) is 6.83. The van der Waals surface area contributed by atoms with Crippen LogP contribution in [0.25, 0.3) is 11.0 Å². The van der Waals surface area contributed by atoms with Crippen molar-refractivity contribution in [3.05, 3.63) is 64.0 Å². The summed E-state index contributed by atoms with van der Waals surface area (Å²) >= 11 is 0. The summed E-state index contributed by atoms with van der Waals surface area (Å²) < 4.78 is 17.1. The molecule has 1 aliphatic heterocycles. The molecule has 0 aliphatic carbocycles. The van der Waals surface area contributed by atoms with Crippen molar-refractivity contribution in [2.45, 2.75) is 32.8 Å². The van der Waals surface area contributed by atoms with Crippen molar-refractivity contribution >= 4 is 23.4 Å². The van der Waals surface area contributed by atoms with Crippen molar-refractivity contribution in [1.29, 1.82) is 0 Å². The van der Waals surface area contributed by atoms with Gasteiger partial charge in [0, 0.05) is 12.6 Å². The summed E-state index contributed by atoms with van der Waals surface area (Å²) in [7, 11) is 0. The molecule has 0 bridgehead atoms. The van der Waals surface area contributed by atoms with Crippen LogP contribution in [0.3, 0.4) is 0 Å². The van der Waals surface area contributed by atoms with Crippen LogP contribution in [0.15, 0.2) is 51.9 Å². The van der Waals surface area contributed by atoms with Crippen LogP contribution in [0, 0.1) is 13.8 Å². The zero-order valence-corrected chi connectivity index (χ0v) is 18.6. The summed E-state index contributed by atoms with van der Waals surface area (Å²) in [5.41, 5.74) is 2.29. The lowest BCUT2D eigenvalue weighted by Crippen LogP contribution is -2.33. The van der Waals surface area contributed by atoms with Crippen molar-refractivity contribution in [2.75, 3.05) is 26.2 Å². The van der Waals surface area contributed by atoms with Gasteiger partial charge in [-0.3, -0.25) is 4.79 Å². The third kappa shape index (κ3) is 5.79. The fourth-order valence-corrected chi connectivity index (χ4v) is 3.88. The molecule has 1 aromatic heterocycles. The van der Waals surface area contributed by atoms with E-state index in [2.05, 4.69) is 4.90 Å². The Bertz CT molecular complexity index is 1070. The third-order valence-electron chi connectivity index (χ3n) is 5.25. The Balaban J connectivity index is 0.00000272. The average Bonchev–Trinajstić information content (AvgIpc) is 3.21. The van der Waals surface area contributed by atoms with E-state index in [0.717, 1.165) is 24.2 Å². The van der Waals surface area contributed by atoms with Crippen molar-refractivity contribution in [2.24, 2.45) is 0 Å². The molecular weight excluding hydrogens is 418 g/mol. The second-order valence-electron chi connectivity index (χ2n) is 7.99. The third-order valence-corrected chi connectivity index (χ3v) is 5.25. The number of benzene rings is 2. The number of halogens is 1. The van der Waals surface area contributed by atoms with Gasteiger partial charge in [-0.1, -0.05) is 6.07 Å². The Morgan fingerprint density at radius 1 is 1.06 bits per heavy atom. The number of hydrogen-bond donors (Lipinski definition) is 1. The van der Waals surface area contributed by atoms with Gasteiger partial charge in [0.05, 0.1) is 5.39 Å². The normalized spacial score (nSPS) is 14.9. The highest BCUT2D eigenvalue weighted by molar-refractivity contribution is 5.85. The largest absolute Gasteiger partial charge is 0.491 e. The molecule has 1 fully saturated rings. The SMILES string of the molecule is Cc1cc(C)cc(Oc2coc3cc(OCC(O)CN4CCCC4)ccc3c2=O)c1.Cl. The predicted octanol–water partition coefficient (Wildman–Crippen LogP) is 4.46. The molecule has 0 saturated carbocycles. The molecule has 4 rings (SSSR count). The Morgan fingerprint density at radius 3 is 2.48 bits per heavy atom. The maximum atomic E-state index is 12.8. The molecule has 166 valence electrons. The molecule has 0 amide bonds. The smallest absolute Gasteiger partial charge is 0.235 e. The molecule has 0 radical (unpaired) electrons. The molecule has 1 atom stereocenters. The molecule has 31 heavy (non-hydrogen) atoms. The Labute approximate surface area is 187 Å². The highest BCUT2D eigenvalue weighted by Gasteiger charge is 2.16. The first kappa shape index (κ1) is 23.1. The van der Waals surface area contributed by atoms with E-state index >= 15 is 0 Å². The number of nitrogens with zero attached hydrogens (tertiary/aromatic N) is 1. The van der Waals surface area contributed by atoms with Crippen molar-refractivity contribution in [3.63, 3.8) is 0 Å². The number of β-amino-alcohol motifs (C(OH)–C–C–N with tert-alkyl or cyclic N) is 1. The molecule has 0 spiro atoms. The molecule has 3 aromatic rings. The Hall–Kier alpha value is -2.54. The summed E-state index contributed by atoms with van der Waals surface area (Å²) in [4.78, 5) is 15.0. The molecule has 2 heterocycles. The van der Waals surface area contributed by atoms with Crippen LogP contribution in [-0.2, 0) is 0 Å². The highest BCUT2D eigenvalue weighted by atomic mass is 35.5. The number of rotatable bonds is 7.